The predicted octanol–water partition coefficient (Wildman–Crippen LogP) is 2.05. The van der Waals surface area contributed by atoms with Gasteiger partial charge < -0.3 is 5.32 Å². The van der Waals surface area contributed by atoms with Crippen molar-refractivity contribution in [2.24, 2.45) is 0 Å². The predicted molar refractivity (Wildman–Crippen MR) is 59.1 cm³/mol. The van der Waals surface area contributed by atoms with Crippen molar-refractivity contribution in [1.82, 2.24) is 5.32 Å². The van der Waals surface area contributed by atoms with Crippen LogP contribution in [0.4, 0.5) is 0 Å². The Labute approximate surface area is 93.4 Å². The first-order valence-corrected chi connectivity index (χ1v) is 4.96. The Hall–Kier alpha value is -1.35. The maximum Gasteiger partial charge on any atom is 0.253 e. The van der Waals surface area contributed by atoms with Gasteiger partial charge in [0, 0.05) is 0 Å². The molecule has 0 aromatic heterocycles. The van der Waals surface area contributed by atoms with E-state index in [9.17, 15) is 9.59 Å². The first kappa shape index (κ1) is 11.7. The summed E-state index contributed by atoms with van der Waals surface area (Å²) in [6.07, 6.45) is 0. The van der Waals surface area contributed by atoms with Crippen molar-refractivity contribution in [1.29, 1.82) is 0 Å². The van der Waals surface area contributed by atoms with Crippen molar-refractivity contribution in [3.8, 4) is 0 Å². The van der Waals surface area contributed by atoms with Crippen LogP contribution in [0.3, 0.4) is 0 Å². The second kappa shape index (κ2) is 4.94. The number of Topliss-reactive ketones (excluding diaryl/α,β-unsaturated/α-hetero) is 1. The van der Waals surface area contributed by atoms with E-state index in [-0.39, 0.29) is 11.7 Å². The quantitative estimate of drug-likeness (QED) is 0.856. The first-order chi connectivity index (χ1) is 7.02. The van der Waals surface area contributed by atoms with Crippen LogP contribution in [0.1, 0.15) is 24.2 Å². The molecule has 0 aliphatic rings. The zero-order valence-corrected chi connectivity index (χ0v) is 9.34. The fourth-order valence-electron chi connectivity index (χ4n) is 1.02. The highest BCUT2D eigenvalue weighted by Crippen LogP contribution is 2.14. The van der Waals surface area contributed by atoms with Gasteiger partial charge in [0.15, 0.2) is 5.78 Å². The van der Waals surface area contributed by atoms with Gasteiger partial charge >= 0.3 is 0 Å². The van der Waals surface area contributed by atoms with Crippen molar-refractivity contribution in [3.63, 3.8) is 0 Å². The van der Waals surface area contributed by atoms with Crippen LogP contribution in [0.15, 0.2) is 24.3 Å². The van der Waals surface area contributed by atoms with Crippen LogP contribution < -0.4 is 5.32 Å². The van der Waals surface area contributed by atoms with E-state index in [0.29, 0.717) is 10.6 Å². The average molecular weight is 226 g/mol. The molecule has 0 saturated carbocycles. The largest absolute Gasteiger partial charge is 0.342 e. The van der Waals surface area contributed by atoms with Gasteiger partial charge in [-0.15, -0.1) is 0 Å². The number of halogens is 1. The molecule has 0 spiro atoms. The van der Waals surface area contributed by atoms with Crippen molar-refractivity contribution in [3.05, 3.63) is 34.9 Å². The zero-order valence-electron chi connectivity index (χ0n) is 8.58. The molecule has 1 amide bonds. The molecule has 1 aromatic carbocycles. The Kier molecular flexibility index (Phi) is 3.86. The Balaban J connectivity index is 2.78. The van der Waals surface area contributed by atoms with Crippen LogP contribution >= 0.6 is 11.6 Å². The van der Waals surface area contributed by atoms with Gasteiger partial charge in [0.05, 0.1) is 16.6 Å². The lowest BCUT2D eigenvalue weighted by Gasteiger charge is -2.10. The highest BCUT2D eigenvalue weighted by molar-refractivity contribution is 6.33. The normalized spacial score (nSPS) is 11.9. The minimum atomic E-state index is -0.492. The molecule has 4 heteroatoms. The number of hydrogen-bond donors (Lipinski definition) is 1. The van der Waals surface area contributed by atoms with E-state index in [0.717, 1.165) is 0 Å². The Bertz CT molecular complexity index is 390. The van der Waals surface area contributed by atoms with Crippen LogP contribution in [0, 0.1) is 0 Å². The van der Waals surface area contributed by atoms with Crippen LogP contribution in [-0.4, -0.2) is 17.7 Å². The zero-order chi connectivity index (χ0) is 11.4. The van der Waals surface area contributed by atoms with Crippen LogP contribution in [-0.2, 0) is 4.79 Å². The fourth-order valence-corrected chi connectivity index (χ4v) is 1.24. The summed E-state index contributed by atoms with van der Waals surface area (Å²) in [6, 6.07) is 6.22. The highest BCUT2D eigenvalue weighted by Gasteiger charge is 2.14. The summed E-state index contributed by atoms with van der Waals surface area (Å²) in [6.45, 7) is 3.06. The number of amides is 1. The molecule has 0 radical (unpaired) electrons. The second-order valence-electron chi connectivity index (χ2n) is 3.29. The van der Waals surface area contributed by atoms with Crippen molar-refractivity contribution in [2.75, 3.05) is 0 Å². The lowest BCUT2D eigenvalue weighted by molar-refractivity contribution is -0.118. The molecule has 3 nitrogen and oxygen atoms in total. The lowest BCUT2D eigenvalue weighted by atomic mass is 10.2. The molecule has 0 bridgehead atoms. The van der Waals surface area contributed by atoms with E-state index < -0.39 is 6.04 Å². The topological polar surface area (TPSA) is 46.2 Å². The first-order valence-electron chi connectivity index (χ1n) is 4.58. The van der Waals surface area contributed by atoms with Gasteiger partial charge in [0.1, 0.15) is 0 Å². The maximum absolute atomic E-state index is 11.6. The summed E-state index contributed by atoms with van der Waals surface area (Å²) in [4.78, 5) is 22.6. The summed E-state index contributed by atoms with van der Waals surface area (Å²) >= 11 is 5.84. The molecule has 0 fully saturated rings. The molecule has 1 unspecified atom stereocenters. The number of benzene rings is 1. The van der Waals surface area contributed by atoms with Crippen molar-refractivity contribution >= 4 is 23.3 Å². The summed E-state index contributed by atoms with van der Waals surface area (Å²) in [7, 11) is 0. The number of carbonyl (C=O) groups is 2. The summed E-state index contributed by atoms with van der Waals surface area (Å²) in [5.74, 6) is -0.418. The van der Waals surface area contributed by atoms with Crippen LogP contribution in [0.2, 0.25) is 5.02 Å². The van der Waals surface area contributed by atoms with Gasteiger partial charge in [-0.2, -0.15) is 0 Å². The molecule has 1 N–H and O–H groups in total. The van der Waals surface area contributed by atoms with Gasteiger partial charge in [-0.3, -0.25) is 9.59 Å². The SMILES string of the molecule is CC(=O)C(C)NC(=O)c1ccccc1Cl. The number of nitrogens with one attached hydrogen (secondary N) is 1. The number of carbonyl (C=O) groups excluding carboxylic acids is 2. The molecular weight excluding hydrogens is 214 g/mol. The molecule has 0 heterocycles. The monoisotopic (exact) mass is 225 g/mol. The van der Waals surface area contributed by atoms with Crippen LogP contribution in [0.25, 0.3) is 0 Å². The minimum Gasteiger partial charge on any atom is -0.342 e. The van der Waals surface area contributed by atoms with Crippen molar-refractivity contribution < 1.29 is 9.59 Å². The van der Waals surface area contributed by atoms with E-state index in [2.05, 4.69) is 5.32 Å². The number of ketones is 1. The third-order valence-corrected chi connectivity index (χ3v) is 2.41. The number of hydrogen-bond acceptors (Lipinski definition) is 2. The number of rotatable bonds is 3. The molecule has 0 aliphatic carbocycles. The van der Waals surface area contributed by atoms with Crippen molar-refractivity contribution in [2.45, 2.75) is 19.9 Å². The van der Waals surface area contributed by atoms with Crippen LogP contribution in [0.5, 0.6) is 0 Å². The standard InChI is InChI=1S/C11H12ClNO2/c1-7(8(2)14)13-11(15)9-5-3-4-6-10(9)12/h3-7H,1-2H3,(H,13,15). The molecule has 15 heavy (non-hydrogen) atoms. The molecule has 1 aromatic rings. The molecule has 0 saturated heterocycles. The lowest BCUT2D eigenvalue weighted by Crippen LogP contribution is -2.37. The van der Waals surface area contributed by atoms with Gasteiger partial charge in [0.2, 0.25) is 0 Å². The third kappa shape index (κ3) is 3.06. The fraction of sp³-hybridized carbons (Fsp3) is 0.273. The summed E-state index contributed by atoms with van der Waals surface area (Å²) in [5.41, 5.74) is 0.382. The van der Waals surface area contributed by atoms with Gasteiger partial charge in [-0.05, 0) is 26.0 Å². The maximum atomic E-state index is 11.6. The molecule has 1 atom stereocenters. The Morgan fingerprint density at radius 3 is 2.47 bits per heavy atom. The summed E-state index contributed by atoms with van der Waals surface area (Å²) < 4.78 is 0. The Morgan fingerprint density at radius 2 is 1.93 bits per heavy atom. The van der Waals surface area contributed by atoms with E-state index in [4.69, 9.17) is 11.6 Å². The third-order valence-electron chi connectivity index (χ3n) is 2.08. The highest BCUT2D eigenvalue weighted by atomic mass is 35.5. The van der Waals surface area contributed by atoms with E-state index in [1.165, 1.54) is 6.92 Å². The van der Waals surface area contributed by atoms with Gasteiger partial charge in [-0.1, -0.05) is 23.7 Å². The molecule has 1 rings (SSSR count). The smallest absolute Gasteiger partial charge is 0.253 e. The molecule has 0 aliphatic heterocycles. The van der Waals surface area contributed by atoms with Gasteiger partial charge in [0.25, 0.3) is 5.91 Å². The van der Waals surface area contributed by atoms with E-state index >= 15 is 0 Å². The van der Waals surface area contributed by atoms with E-state index in [1.807, 2.05) is 0 Å². The summed E-state index contributed by atoms with van der Waals surface area (Å²) in [5, 5.41) is 2.94. The van der Waals surface area contributed by atoms with E-state index in [1.54, 1.807) is 31.2 Å². The average Bonchev–Trinajstić information content (AvgIpc) is 2.18. The minimum absolute atomic E-state index is 0.0876. The van der Waals surface area contributed by atoms with Gasteiger partial charge in [-0.25, -0.2) is 0 Å². The molecular formula is C11H12ClNO2. The molecule has 80 valence electrons. The second-order valence-corrected chi connectivity index (χ2v) is 3.69. The Morgan fingerprint density at radius 1 is 1.33 bits per heavy atom.